The third-order valence-corrected chi connectivity index (χ3v) is 4.23. The highest BCUT2D eigenvalue weighted by atomic mass is 35.5. The molecule has 0 saturated heterocycles. The fourth-order valence-electron chi connectivity index (χ4n) is 2.73. The third kappa shape index (κ3) is 3.64. The van der Waals surface area contributed by atoms with Crippen LogP contribution >= 0.6 is 23.2 Å². The summed E-state index contributed by atoms with van der Waals surface area (Å²) in [4.78, 5) is 14.4. The molecule has 0 atom stereocenters. The Morgan fingerprint density at radius 2 is 2.00 bits per heavy atom. The molecule has 2 nitrogen and oxygen atoms in total. The van der Waals surface area contributed by atoms with E-state index in [1.165, 1.54) is 24.6 Å². The number of halogens is 3. The molecule has 1 aromatic rings. The van der Waals surface area contributed by atoms with E-state index >= 15 is 0 Å². The predicted octanol–water partition coefficient (Wildman–Crippen LogP) is 4.49. The molecule has 0 bridgehead atoms. The van der Waals surface area contributed by atoms with Crippen molar-refractivity contribution in [2.24, 2.45) is 0 Å². The van der Waals surface area contributed by atoms with E-state index in [4.69, 9.17) is 23.2 Å². The van der Waals surface area contributed by atoms with Gasteiger partial charge in [-0.15, -0.1) is 11.6 Å². The first-order chi connectivity index (χ1) is 9.63. The normalized spacial score (nSPS) is 16.1. The van der Waals surface area contributed by atoms with Gasteiger partial charge in [-0.25, -0.2) is 4.39 Å². The van der Waals surface area contributed by atoms with Gasteiger partial charge in [0.25, 0.3) is 5.91 Å². The van der Waals surface area contributed by atoms with E-state index in [1.807, 2.05) is 4.90 Å². The summed E-state index contributed by atoms with van der Waals surface area (Å²) in [5.74, 6) is -0.221. The molecule has 5 heteroatoms. The molecule has 110 valence electrons. The number of carbonyl (C=O) groups is 1. The lowest BCUT2D eigenvalue weighted by Gasteiger charge is -2.34. The standard InChI is InChI=1S/C15H18Cl2FNO/c16-8-9-19(12-4-2-1-3-5-12)15(20)11-6-7-14(18)13(17)10-11/h6-7,10,12H,1-5,8-9H2. The number of hydrogen-bond donors (Lipinski definition) is 0. The molecule has 0 radical (unpaired) electrons. The molecular formula is C15H18Cl2FNO. The SMILES string of the molecule is O=C(c1ccc(F)c(Cl)c1)N(CCCl)C1CCCCC1. The summed E-state index contributed by atoms with van der Waals surface area (Å²) in [7, 11) is 0. The number of rotatable bonds is 4. The van der Waals surface area contributed by atoms with Gasteiger partial charge >= 0.3 is 0 Å². The minimum Gasteiger partial charge on any atom is -0.334 e. The fourth-order valence-corrected chi connectivity index (χ4v) is 3.09. The van der Waals surface area contributed by atoms with Gasteiger partial charge in [0.1, 0.15) is 5.82 Å². The van der Waals surface area contributed by atoms with E-state index in [1.54, 1.807) is 0 Å². The number of benzene rings is 1. The van der Waals surface area contributed by atoms with Crippen molar-refractivity contribution in [1.29, 1.82) is 0 Å². The first-order valence-corrected chi connectivity index (χ1v) is 7.86. The first kappa shape index (κ1) is 15.6. The molecule has 0 aromatic heterocycles. The quantitative estimate of drug-likeness (QED) is 0.749. The molecule has 1 aromatic carbocycles. The van der Waals surface area contributed by atoms with Crippen LogP contribution in [0.25, 0.3) is 0 Å². The van der Waals surface area contributed by atoms with E-state index in [-0.39, 0.29) is 17.0 Å². The minimum absolute atomic E-state index is 0.0229. The highest BCUT2D eigenvalue weighted by Gasteiger charge is 2.26. The van der Waals surface area contributed by atoms with Gasteiger partial charge in [0, 0.05) is 24.0 Å². The fraction of sp³-hybridized carbons (Fsp3) is 0.533. The van der Waals surface area contributed by atoms with Crippen LogP contribution in [0.1, 0.15) is 42.5 Å². The van der Waals surface area contributed by atoms with Gasteiger partial charge in [-0.1, -0.05) is 30.9 Å². The number of alkyl halides is 1. The van der Waals surface area contributed by atoms with Crippen molar-refractivity contribution in [3.8, 4) is 0 Å². The molecule has 0 aliphatic heterocycles. The second kappa shape index (κ2) is 7.28. The van der Waals surface area contributed by atoms with Gasteiger partial charge in [0.15, 0.2) is 0 Å². The second-order valence-corrected chi connectivity index (χ2v) is 5.89. The average Bonchev–Trinajstić information content (AvgIpc) is 2.48. The summed E-state index contributed by atoms with van der Waals surface area (Å²) >= 11 is 11.6. The first-order valence-electron chi connectivity index (χ1n) is 6.95. The molecule has 2 rings (SSSR count). The van der Waals surface area contributed by atoms with Gasteiger partial charge in [-0.05, 0) is 31.0 Å². The molecule has 0 spiro atoms. The Bertz CT molecular complexity index is 475. The lowest BCUT2D eigenvalue weighted by Crippen LogP contribution is -2.42. The molecule has 0 unspecified atom stereocenters. The molecule has 0 heterocycles. The maximum Gasteiger partial charge on any atom is 0.254 e. The zero-order chi connectivity index (χ0) is 14.5. The molecule has 1 fully saturated rings. The summed E-state index contributed by atoms with van der Waals surface area (Å²) in [6.07, 6.45) is 5.53. The molecule has 1 aliphatic rings. The van der Waals surface area contributed by atoms with Crippen molar-refractivity contribution in [3.05, 3.63) is 34.6 Å². The smallest absolute Gasteiger partial charge is 0.254 e. The van der Waals surface area contributed by atoms with Crippen LogP contribution in [0.3, 0.4) is 0 Å². The van der Waals surface area contributed by atoms with Crippen LogP contribution in [0.4, 0.5) is 4.39 Å². The van der Waals surface area contributed by atoms with Crippen molar-refractivity contribution in [2.45, 2.75) is 38.1 Å². The number of carbonyl (C=O) groups excluding carboxylic acids is 1. The Labute approximate surface area is 128 Å². The average molecular weight is 318 g/mol. The molecule has 0 N–H and O–H groups in total. The second-order valence-electron chi connectivity index (χ2n) is 5.11. The number of nitrogens with zero attached hydrogens (tertiary/aromatic N) is 1. The van der Waals surface area contributed by atoms with Gasteiger partial charge in [0.05, 0.1) is 5.02 Å². The zero-order valence-electron chi connectivity index (χ0n) is 11.2. The third-order valence-electron chi connectivity index (χ3n) is 3.77. The summed E-state index contributed by atoms with van der Waals surface area (Å²) in [6.45, 7) is 0.514. The Morgan fingerprint density at radius 3 is 2.60 bits per heavy atom. The van der Waals surface area contributed by atoms with Crippen LogP contribution in [0, 0.1) is 5.82 Å². The molecule has 1 amide bonds. The number of amides is 1. The van der Waals surface area contributed by atoms with E-state index < -0.39 is 5.82 Å². The molecule has 1 aliphatic carbocycles. The highest BCUT2D eigenvalue weighted by molar-refractivity contribution is 6.31. The molecule has 20 heavy (non-hydrogen) atoms. The van der Waals surface area contributed by atoms with Gasteiger partial charge in [-0.2, -0.15) is 0 Å². The van der Waals surface area contributed by atoms with Crippen LogP contribution < -0.4 is 0 Å². The van der Waals surface area contributed by atoms with Crippen LogP contribution in [0.5, 0.6) is 0 Å². The summed E-state index contributed by atoms with van der Waals surface area (Å²) in [5.41, 5.74) is 0.423. The minimum atomic E-state index is -0.509. The Morgan fingerprint density at radius 1 is 1.30 bits per heavy atom. The summed E-state index contributed by atoms with van der Waals surface area (Å²) in [6, 6.07) is 4.34. The molecular weight excluding hydrogens is 300 g/mol. The Kier molecular flexibility index (Phi) is 5.67. The monoisotopic (exact) mass is 317 g/mol. The van der Waals surface area contributed by atoms with E-state index in [0.29, 0.717) is 18.0 Å². The Balaban J connectivity index is 2.18. The van der Waals surface area contributed by atoms with E-state index in [2.05, 4.69) is 0 Å². The summed E-state index contributed by atoms with van der Waals surface area (Å²) in [5, 5.41) is -0.0229. The van der Waals surface area contributed by atoms with Gasteiger partial charge in [-0.3, -0.25) is 4.79 Å². The maximum absolute atomic E-state index is 13.2. The topological polar surface area (TPSA) is 20.3 Å². The van der Waals surface area contributed by atoms with Gasteiger partial charge < -0.3 is 4.90 Å². The van der Waals surface area contributed by atoms with Crippen LogP contribution in [0.2, 0.25) is 5.02 Å². The predicted molar refractivity (Wildman–Crippen MR) is 80.0 cm³/mol. The Hall–Kier alpha value is -0.800. The van der Waals surface area contributed by atoms with Crippen LogP contribution in [-0.4, -0.2) is 29.3 Å². The zero-order valence-corrected chi connectivity index (χ0v) is 12.8. The van der Waals surface area contributed by atoms with Crippen molar-refractivity contribution in [3.63, 3.8) is 0 Å². The number of hydrogen-bond acceptors (Lipinski definition) is 1. The lowest BCUT2D eigenvalue weighted by molar-refractivity contribution is 0.0649. The van der Waals surface area contributed by atoms with E-state index in [9.17, 15) is 9.18 Å². The van der Waals surface area contributed by atoms with Gasteiger partial charge in [0.2, 0.25) is 0 Å². The highest BCUT2D eigenvalue weighted by Crippen LogP contribution is 2.25. The van der Waals surface area contributed by atoms with Crippen molar-refractivity contribution < 1.29 is 9.18 Å². The van der Waals surface area contributed by atoms with Crippen molar-refractivity contribution >= 4 is 29.1 Å². The van der Waals surface area contributed by atoms with E-state index in [0.717, 1.165) is 25.7 Å². The molecule has 1 saturated carbocycles. The van der Waals surface area contributed by atoms with Crippen LogP contribution in [-0.2, 0) is 0 Å². The van der Waals surface area contributed by atoms with Crippen molar-refractivity contribution in [1.82, 2.24) is 4.90 Å². The maximum atomic E-state index is 13.2. The summed E-state index contributed by atoms with van der Waals surface area (Å²) < 4.78 is 13.2. The van der Waals surface area contributed by atoms with Crippen LogP contribution in [0.15, 0.2) is 18.2 Å². The lowest BCUT2D eigenvalue weighted by atomic mass is 9.93. The van der Waals surface area contributed by atoms with Crippen molar-refractivity contribution in [2.75, 3.05) is 12.4 Å². The largest absolute Gasteiger partial charge is 0.334 e.